The zero-order valence-electron chi connectivity index (χ0n) is 22.9. The first-order valence-electron chi connectivity index (χ1n) is 13.2. The summed E-state index contributed by atoms with van der Waals surface area (Å²) in [5.74, 6) is -0.574. The summed E-state index contributed by atoms with van der Waals surface area (Å²) >= 11 is 3.69. The molecule has 0 atom stereocenters. The number of halogens is 1. The zero-order valence-corrected chi connectivity index (χ0v) is 25.3. The Morgan fingerprint density at radius 3 is 2.48 bits per heavy atom. The molecule has 2 heterocycles. The molecule has 210 valence electrons. The van der Waals surface area contributed by atoms with Gasteiger partial charge in [0.15, 0.2) is 0 Å². The van der Waals surface area contributed by atoms with Crippen molar-refractivity contribution in [3.8, 4) is 5.69 Å². The fraction of sp³-hybridized carbons (Fsp3) is 0.300. The maximum atomic E-state index is 12.5. The minimum absolute atomic E-state index is 0.311. The molecule has 1 aromatic heterocycles. The van der Waals surface area contributed by atoms with Crippen LogP contribution in [-0.2, 0) is 22.0 Å². The van der Waals surface area contributed by atoms with Crippen LogP contribution in [-0.4, -0.2) is 56.2 Å². The molecule has 0 bridgehead atoms. The van der Waals surface area contributed by atoms with Crippen molar-refractivity contribution in [2.24, 2.45) is 5.73 Å². The predicted molar refractivity (Wildman–Crippen MR) is 165 cm³/mol. The SMILES string of the molecule is CC(C)(c1cccc(CN2CCNCC2)c1)c1cc(Br)cc(-n2c(C(N)=O)cc3ccc(NS(C)(=O)=O)cc32)c1. The molecular weight excluding hydrogens is 590 g/mol. The fourth-order valence-corrected chi connectivity index (χ4v) is 6.39. The summed E-state index contributed by atoms with van der Waals surface area (Å²) < 4.78 is 28.9. The number of carbonyl (C=O) groups excluding carboxylic acids is 1. The lowest BCUT2D eigenvalue weighted by molar-refractivity contribution is 0.0994. The van der Waals surface area contributed by atoms with E-state index < -0.39 is 15.9 Å². The van der Waals surface area contributed by atoms with Crippen molar-refractivity contribution in [1.82, 2.24) is 14.8 Å². The minimum Gasteiger partial charge on any atom is -0.364 e. The molecule has 8 nitrogen and oxygen atoms in total. The van der Waals surface area contributed by atoms with Gasteiger partial charge >= 0.3 is 0 Å². The highest BCUT2D eigenvalue weighted by molar-refractivity contribution is 9.10. The van der Waals surface area contributed by atoms with Gasteiger partial charge in [-0.25, -0.2) is 8.42 Å². The molecule has 40 heavy (non-hydrogen) atoms. The predicted octanol–water partition coefficient (Wildman–Crippen LogP) is 4.59. The second-order valence-electron chi connectivity index (χ2n) is 10.9. The highest BCUT2D eigenvalue weighted by atomic mass is 79.9. The van der Waals surface area contributed by atoms with Crippen LogP contribution in [0.15, 0.2) is 71.2 Å². The van der Waals surface area contributed by atoms with Crippen molar-refractivity contribution in [3.63, 3.8) is 0 Å². The third-order valence-corrected chi connectivity index (χ3v) is 8.55. The molecule has 1 aliphatic rings. The van der Waals surface area contributed by atoms with Crippen LogP contribution in [0.2, 0.25) is 0 Å². The molecule has 0 saturated carbocycles. The molecule has 5 rings (SSSR count). The second-order valence-corrected chi connectivity index (χ2v) is 13.6. The van der Waals surface area contributed by atoms with Crippen molar-refractivity contribution in [3.05, 3.63) is 93.6 Å². The van der Waals surface area contributed by atoms with E-state index in [2.05, 4.69) is 81.1 Å². The first kappa shape index (κ1) is 28.4. The van der Waals surface area contributed by atoms with E-state index >= 15 is 0 Å². The third-order valence-electron chi connectivity index (χ3n) is 7.49. The van der Waals surface area contributed by atoms with E-state index in [-0.39, 0.29) is 5.41 Å². The van der Waals surface area contributed by atoms with E-state index in [0.29, 0.717) is 16.9 Å². The molecule has 1 fully saturated rings. The van der Waals surface area contributed by atoms with Crippen molar-refractivity contribution >= 4 is 48.5 Å². The Balaban J connectivity index is 1.58. The number of fused-ring (bicyclic) bond motifs is 1. The van der Waals surface area contributed by atoms with Crippen molar-refractivity contribution < 1.29 is 13.2 Å². The summed E-state index contributed by atoms with van der Waals surface area (Å²) in [4.78, 5) is 15.0. The average molecular weight is 625 g/mol. The summed E-state index contributed by atoms with van der Waals surface area (Å²) in [6, 6.07) is 21.7. The number of nitrogens with two attached hydrogens (primary N) is 1. The molecule has 0 aliphatic carbocycles. The molecule has 0 radical (unpaired) electrons. The summed E-state index contributed by atoms with van der Waals surface area (Å²) in [6.07, 6.45) is 1.10. The third kappa shape index (κ3) is 6.10. The lowest BCUT2D eigenvalue weighted by Gasteiger charge is -2.30. The van der Waals surface area contributed by atoms with E-state index in [1.807, 2.05) is 6.07 Å². The van der Waals surface area contributed by atoms with Gasteiger partial charge < -0.3 is 15.6 Å². The van der Waals surface area contributed by atoms with Crippen LogP contribution in [0.5, 0.6) is 0 Å². The number of carbonyl (C=O) groups is 1. The van der Waals surface area contributed by atoms with E-state index in [1.54, 1.807) is 28.8 Å². The van der Waals surface area contributed by atoms with Gasteiger partial charge in [0.05, 0.1) is 17.5 Å². The van der Waals surface area contributed by atoms with Gasteiger partial charge in [0.25, 0.3) is 5.91 Å². The zero-order chi connectivity index (χ0) is 28.7. The largest absolute Gasteiger partial charge is 0.364 e. The number of rotatable bonds is 8. The maximum absolute atomic E-state index is 12.5. The number of benzene rings is 3. The van der Waals surface area contributed by atoms with Crippen LogP contribution in [0.3, 0.4) is 0 Å². The Morgan fingerprint density at radius 2 is 1.77 bits per heavy atom. The molecular formula is C30H34BrN5O3S. The molecule has 4 N–H and O–H groups in total. The van der Waals surface area contributed by atoms with E-state index in [4.69, 9.17) is 5.73 Å². The van der Waals surface area contributed by atoms with Crippen LogP contribution in [0.4, 0.5) is 5.69 Å². The monoisotopic (exact) mass is 623 g/mol. The van der Waals surface area contributed by atoms with Crippen LogP contribution < -0.4 is 15.8 Å². The Hall–Kier alpha value is -3.18. The molecule has 0 unspecified atom stereocenters. The number of primary amides is 1. The van der Waals surface area contributed by atoms with Gasteiger partial charge in [-0.05, 0) is 53.1 Å². The maximum Gasteiger partial charge on any atom is 0.265 e. The van der Waals surface area contributed by atoms with Crippen LogP contribution in [0.1, 0.15) is 41.0 Å². The molecule has 1 aliphatic heterocycles. The Morgan fingerprint density at radius 1 is 1.02 bits per heavy atom. The smallest absolute Gasteiger partial charge is 0.265 e. The first-order chi connectivity index (χ1) is 18.9. The number of hydrogen-bond donors (Lipinski definition) is 3. The van der Waals surface area contributed by atoms with Gasteiger partial charge in [-0.3, -0.25) is 14.4 Å². The number of hydrogen-bond acceptors (Lipinski definition) is 5. The van der Waals surface area contributed by atoms with Gasteiger partial charge in [-0.15, -0.1) is 0 Å². The Kier molecular flexibility index (Phi) is 7.80. The number of sulfonamides is 1. The van der Waals surface area contributed by atoms with Gasteiger partial charge in [0.2, 0.25) is 10.0 Å². The summed E-state index contributed by atoms with van der Waals surface area (Å²) in [7, 11) is -3.47. The van der Waals surface area contributed by atoms with E-state index in [1.165, 1.54) is 11.1 Å². The molecule has 3 aromatic carbocycles. The number of piperazine rings is 1. The Bertz CT molecular complexity index is 1690. The van der Waals surface area contributed by atoms with Crippen molar-refractivity contribution in [2.75, 3.05) is 37.2 Å². The normalized spacial score (nSPS) is 14.9. The fourth-order valence-electron chi connectivity index (χ4n) is 5.35. The van der Waals surface area contributed by atoms with Gasteiger partial charge in [0.1, 0.15) is 5.69 Å². The second kappa shape index (κ2) is 11.0. The molecule has 1 amide bonds. The van der Waals surface area contributed by atoms with Crippen LogP contribution >= 0.6 is 15.9 Å². The summed E-state index contributed by atoms with van der Waals surface area (Å²) in [5.41, 5.74) is 11.1. The number of aromatic nitrogens is 1. The highest BCUT2D eigenvalue weighted by Crippen LogP contribution is 2.37. The standard InChI is InChI=1S/C30H34BrN5O3S/c1-30(2,22-6-4-5-20(13-22)19-35-11-9-33-10-12-35)23-15-24(31)17-26(16-23)36-27-18-25(34-40(3,38)39)8-7-21(27)14-28(36)29(32)37/h4-8,13-18,33-34H,9-12,19H2,1-3H3,(H2,32,37). The first-order valence-corrected chi connectivity index (χ1v) is 15.9. The summed E-state index contributed by atoms with van der Waals surface area (Å²) in [5, 5.41) is 4.18. The van der Waals surface area contributed by atoms with Gasteiger partial charge in [-0.2, -0.15) is 0 Å². The molecule has 0 spiro atoms. The van der Waals surface area contributed by atoms with Crippen LogP contribution in [0.25, 0.3) is 16.6 Å². The lowest BCUT2D eigenvalue weighted by atomic mass is 9.77. The van der Waals surface area contributed by atoms with Crippen molar-refractivity contribution in [2.45, 2.75) is 25.8 Å². The Labute approximate surface area is 243 Å². The van der Waals surface area contributed by atoms with Gasteiger partial charge in [-0.1, -0.05) is 60.1 Å². The topological polar surface area (TPSA) is 109 Å². The number of anilines is 1. The van der Waals surface area contributed by atoms with Crippen LogP contribution in [0, 0.1) is 0 Å². The average Bonchev–Trinajstić information content (AvgIpc) is 3.27. The number of amides is 1. The summed E-state index contributed by atoms with van der Waals surface area (Å²) in [6.45, 7) is 9.40. The minimum atomic E-state index is -3.47. The molecule has 10 heteroatoms. The molecule has 4 aromatic rings. The van der Waals surface area contributed by atoms with E-state index in [0.717, 1.165) is 60.1 Å². The van der Waals surface area contributed by atoms with E-state index in [9.17, 15) is 13.2 Å². The number of nitrogens with one attached hydrogen (secondary N) is 2. The van der Waals surface area contributed by atoms with Gasteiger partial charge in [0, 0.05) is 53.7 Å². The van der Waals surface area contributed by atoms with Crippen molar-refractivity contribution in [1.29, 1.82) is 0 Å². The quantitative estimate of drug-likeness (QED) is 0.266. The number of nitrogens with zero attached hydrogens (tertiary/aromatic N) is 2. The highest BCUT2D eigenvalue weighted by Gasteiger charge is 2.26. The molecule has 1 saturated heterocycles. The lowest BCUT2D eigenvalue weighted by Crippen LogP contribution is -2.42.